The number of carbonyl (C=O) groups is 1. The summed E-state index contributed by atoms with van der Waals surface area (Å²) in [4.78, 5) is 30.8. The lowest BCUT2D eigenvalue weighted by molar-refractivity contribution is 0.191. The van der Waals surface area contributed by atoms with Crippen LogP contribution in [0.2, 0.25) is 0 Å². The highest BCUT2D eigenvalue weighted by molar-refractivity contribution is 5.74. The molecule has 0 saturated heterocycles. The third-order valence-corrected chi connectivity index (χ3v) is 4.58. The number of H-pyrrole nitrogens is 1. The number of nitrogens with zero attached hydrogens (tertiary/aromatic N) is 3. The van der Waals surface area contributed by atoms with Crippen molar-refractivity contribution in [1.82, 2.24) is 25.0 Å². The van der Waals surface area contributed by atoms with Crippen LogP contribution in [0.3, 0.4) is 0 Å². The van der Waals surface area contributed by atoms with Gasteiger partial charge in [0.25, 0.3) is 5.56 Å². The van der Waals surface area contributed by atoms with Crippen molar-refractivity contribution >= 4 is 6.03 Å². The maximum atomic E-state index is 12.9. The minimum atomic E-state index is -0.310. The highest BCUT2D eigenvalue weighted by Crippen LogP contribution is 2.15. The van der Waals surface area contributed by atoms with Gasteiger partial charge in [0.1, 0.15) is 5.82 Å². The number of aromatic amines is 1. The van der Waals surface area contributed by atoms with Crippen LogP contribution in [-0.2, 0) is 19.5 Å². The van der Waals surface area contributed by atoms with E-state index in [-0.39, 0.29) is 17.4 Å². The van der Waals surface area contributed by atoms with E-state index in [1.165, 1.54) is 16.8 Å². The Morgan fingerprint density at radius 2 is 2.04 bits per heavy atom. The van der Waals surface area contributed by atoms with Crippen LogP contribution in [-0.4, -0.2) is 32.2 Å². The molecule has 2 amide bonds. The maximum absolute atomic E-state index is 12.9. The molecule has 7 nitrogen and oxygen atoms in total. The number of pyridine rings is 1. The number of fused-ring (bicyclic) bond motifs is 1. The quantitative estimate of drug-likeness (QED) is 0.742. The van der Waals surface area contributed by atoms with Gasteiger partial charge in [-0.15, -0.1) is 0 Å². The third kappa shape index (κ3) is 3.46. The molecule has 27 heavy (non-hydrogen) atoms. The molecule has 0 spiro atoms. The lowest BCUT2D eigenvalue weighted by Gasteiger charge is -2.26. The van der Waals surface area contributed by atoms with Crippen molar-refractivity contribution in [1.29, 1.82) is 0 Å². The fourth-order valence-corrected chi connectivity index (χ4v) is 3.13. The van der Waals surface area contributed by atoms with Gasteiger partial charge < -0.3 is 10.2 Å². The molecule has 3 aromatic rings. The Hall–Kier alpha value is -3.42. The van der Waals surface area contributed by atoms with Crippen molar-refractivity contribution in [2.75, 3.05) is 6.54 Å². The van der Waals surface area contributed by atoms with E-state index in [1.807, 2.05) is 6.07 Å². The first-order chi connectivity index (χ1) is 13.1. The van der Waals surface area contributed by atoms with Gasteiger partial charge in [0.2, 0.25) is 0 Å². The van der Waals surface area contributed by atoms with Crippen LogP contribution in [0.5, 0.6) is 0 Å². The van der Waals surface area contributed by atoms with Crippen LogP contribution >= 0.6 is 0 Å². The zero-order valence-corrected chi connectivity index (χ0v) is 14.5. The number of hydrogen-bond donors (Lipinski definition) is 2. The largest absolute Gasteiger partial charge is 0.334 e. The molecule has 138 valence electrons. The first-order valence-corrected chi connectivity index (χ1v) is 8.63. The van der Waals surface area contributed by atoms with Crippen molar-refractivity contribution in [3.63, 3.8) is 0 Å². The summed E-state index contributed by atoms with van der Waals surface area (Å²) in [5.74, 6) is 0.208. The highest BCUT2D eigenvalue weighted by Gasteiger charge is 2.25. The second-order valence-corrected chi connectivity index (χ2v) is 6.35. The normalized spacial score (nSPS) is 13.3. The molecule has 1 aliphatic rings. The van der Waals surface area contributed by atoms with E-state index < -0.39 is 0 Å². The molecule has 0 fully saturated rings. The lowest BCUT2D eigenvalue weighted by Crippen LogP contribution is -2.43. The second-order valence-electron chi connectivity index (χ2n) is 6.35. The minimum Gasteiger partial charge on any atom is -0.334 e. The molecule has 4 rings (SSSR count). The predicted molar refractivity (Wildman–Crippen MR) is 96.9 cm³/mol. The first kappa shape index (κ1) is 17.0. The summed E-state index contributed by atoms with van der Waals surface area (Å²) in [6.45, 7) is 1.09. The summed E-state index contributed by atoms with van der Waals surface area (Å²) in [6, 6.07) is 11.1. The summed E-state index contributed by atoms with van der Waals surface area (Å²) in [6.07, 6.45) is 2.10. The number of hydrogen-bond acceptors (Lipinski definition) is 3. The van der Waals surface area contributed by atoms with Crippen molar-refractivity contribution in [2.45, 2.75) is 19.5 Å². The number of nitrogens with one attached hydrogen (secondary N) is 2. The summed E-state index contributed by atoms with van der Waals surface area (Å²) in [5.41, 5.74) is 2.09. The molecule has 0 aliphatic carbocycles. The Morgan fingerprint density at radius 1 is 1.22 bits per heavy atom. The number of halogens is 1. The van der Waals surface area contributed by atoms with Gasteiger partial charge in [0.15, 0.2) is 5.82 Å². The number of urea groups is 1. The molecule has 0 saturated carbocycles. The number of carbonyl (C=O) groups excluding carboxylic acids is 1. The standard InChI is InChI=1S/C19H18FN5O2/c20-14-6-4-13(5-7-14)11-22-19(27)24-10-8-15-16(12-24)23-25(18(15)26)17-3-1-2-9-21-17/h1-7,9,23H,8,10-12H2,(H,22,27). The van der Waals surface area contributed by atoms with E-state index in [9.17, 15) is 14.0 Å². The average Bonchev–Trinajstić information content (AvgIpc) is 3.04. The molecule has 1 aromatic carbocycles. The zero-order chi connectivity index (χ0) is 18.8. The van der Waals surface area contributed by atoms with Crippen LogP contribution < -0.4 is 10.9 Å². The smallest absolute Gasteiger partial charge is 0.318 e. The van der Waals surface area contributed by atoms with E-state index in [0.29, 0.717) is 43.1 Å². The van der Waals surface area contributed by atoms with Crippen LogP contribution in [0.25, 0.3) is 5.82 Å². The van der Waals surface area contributed by atoms with Crippen molar-refractivity contribution < 1.29 is 9.18 Å². The van der Waals surface area contributed by atoms with Gasteiger partial charge in [-0.1, -0.05) is 18.2 Å². The van der Waals surface area contributed by atoms with E-state index in [2.05, 4.69) is 15.4 Å². The van der Waals surface area contributed by atoms with Gasteiger partial charge in [-0.2, -0.15) is 0 Å². The fraction of sp³-hybridized carbons (Fsp3) is 0.211. The topological polar surface area (TPSA) is 83.0 Å². The van der Waals surface area contributed by atoms with E-state index in [1.54, 1.807) is 35.4 Å². The van der Waals surface area contributed by atoms with E-state index in [4.69, 9.17) is 0 Å². The molecule has 2 aromatic heterocycles. The average molecular weight is 367 g/mol. The van der Waals surface area contributed by atoms with Crippen LogP contribution in [0.4, 0.5) is 9.18 Å². The van der Waals surface area contributed by atoms with Crippen LogP contribution in [0.1, 0.15) is 16.8 Å². The summed E-state index contributed by atoms with van der Waals surface area (Å²) >= 11 is 0. The van der Waals surface area contributed by atoms with Gasteiger partial charge >= 0.3 is 6.03 Å². The fourth-order valence-electron chi connectivity index (χ4n) is 3.13. The SMILES string of the molecule is O=C(NCc1ccc(F)cc1)N1CCc2c([nH]n(-c3ccccn3)c2=O)C1. The molecule has 0 bridgehead atoms. The minimum absolute atomic E-state index is 0.130. The number of aromatic nitrogens is 3. The molecule has 0 radical (unpaired) electrons. The van der Waals surface area contributed by atoms with Crippen molar-refractivity contribution in [2.24, 2.45) is 0 Å². The molecule has 2 N–H and O–H groups in total. The molecular weight excluding hydrogens is 349 g/mol. The molecule has 0 atom stereocenters. The highest BCUT2D eigenvalue weighted by atomic mass is 19.1. The van der Waals surface area contributed by atoms with Gasteiger partial charge in [-0.3, -0.25) is 9.89 Å². The van der Waals surface area contributed by atoms with Gasteiger partial charge in [0.05, 0.1) is 12.2 Å². The van der Waals surface area contributed by atoms with Crippen LogP contribution in [0.15, 0.2) is 53.5 Å². The molecule has 0 unspecified atom stereocenters. The Morgan fingerprint density at radius 3 is 2.78 bits per heavy atom. The number of benzene rings is 1. The van der Waals surface area contributed by atoms with E-state index >= 15 is 0 Å². The lowest BCUT2D eigenvalue weighted by atomic mass is 10.1. The van der Waals surface area contributed by atoms with Crippen LogP contribution in [0, 0.1) is 5.82 Å². The van der Waals surface area contributed by atoms with Gasteiger partial charge in [-0.25, -0.2) is 18.9 Å². The Balaban J connectivity index is 1.46. The molecule has 8 heteroatoms. The number of rotatable bonds is 3. The molecular formula is C19H18FN5O2. The van der Waals surface area contributed by atoms with Crippen molar-refractivity contribution in [3.8, 4) is 5.82 Å². The summed E-state index contributed by atoms with van der Waals surface area (Å²) < 4.78 is 14.4. The molecule has 3 heterocycles. The third-order valence-electron chi connectivity index (χ3n) is 4.58. The monoisotopic (exact) mass is 367 g/mol. The Bertz CT molecular complexity index is 1010. The van der Waals surface area contributed by atoms with Gasteiger partial charge in [-0.05, 0) is 36.2 Å². The van der Waals surface area contributed by atoms with E-state index in [0.717, 1.165) is 5.56 Å². The first-order valence-electron chi connectivity index (χ1n) is 8.63. The second kappa shape index (κ2) is 7.06. The van der Waals surface area contributed by atoms with Crippen molar-refractivity contribution in [3.05, 3.63) is 81.7 Å². The Labute approximate surface area is 154 Å². The predicted octanol–water partition coefficient (Wildman–Crippen LogP) is 1.97. The summed E-state index contributed by atoms with van der Waals surface area (Å²) in [5, 5.41) is 5.89. The number of amides is 2. The Kier molecular flexibility index (Phi) is 4.45. The molecule has 1 aliphatic heterocycles. The maximum Gasteiger partial charge on any atom is 0.318 e. The van der Waals surface area contributed by atoms with Gasteiger partial charge in [0, 0.05) is 24.8 Å². The summed E-state index contributed by atoms with van der Waals surface area (Å²) in [7, 11) is 0. The zero-order valence-electron chi connectivity index (χ0n) is 14.5.